The van der Waals surface area contributed by atoms with Crippen LogP contribution in [0.15, 0.2) is 18.2 Å². The first-order chi connectivity index (χ1) is 14.0. The van der Waals surface area contributed by atoms with E-state index in [1.165, 1.54) is 19.3 Å². The number of imidazole rings is 1. The standard InChI is InChI=1S/C22H32N6O/c1-26-8-10-27(11-9-26)12-13-28-15-16-4-3-7-22(28,14-16)21-24-18-6-2-5-17(20(23)29)19(18)25-21/h2,5-6,16H,3-4,7-15H2,1H3,(H2,23,29)(H,24,25)/t16-,22+/m1/s1. The maximum Gasteiger partial charge on any atom is 0.250 e. The average molecular weight is 397 g/mol. The first kappa shape index (κ1) is 19.0. The summed E-state index contributed by atoms with van der Waals surface area (Å²) in [6.07, 6.45) is 4.87. The van der Waals surface area contributed by atoms with Crippen molar-refractivity contribution in [1.29, 1.82) is 0 Å². The van der Waals surface area contributed by atoms with Crippen LogP contribution in [-0.4, -0.2) is 83.4 Å². The van der Waals surface area contributed by atoms with Gasteiger partial charge in [0, 0.05) is 45.8 Å². The molecule has 0 unspecified atom stereocenters. The van der Waals surface area contributed by atoms with Crippen LogP contribution in [0.2, 0.25) is 0 Å². The third kappa shape index (κ3) is 3.35. The summed E-state index contributed by atoms with van der Waals surface area (Å²) in [5, 5.41) is 0. The zero-order chi connectivity index (χ0) is 20.0. The Labute approximate surface area is 172 Å². The molecule has 29 heavy (non-hydrogen) atoms. The van der Waals surface area contributed by atoms with Crippen molar-refractivity contribution in [2.75, 3.05) is 52.9 Å². The van der Waals surface area contributed by atoms with Gasteiger partial charge in [-0.25, -0.2) is 4.98 Å². The number of H-pyrrole nitrogens is 1. The summed E-state index contributed by atoms with van der Waals surface area (Å²) in [6.45, 7) is 8.00. The number of hydrogen-bond donors (Lipinski definition) is 2. The predicted octanol–water partition coefficient (Wildman–Crippen LogP) is 1.61. The number of carbonyl (C=O) groups excluding carboxylic acids is 1. The number of primary amides is 1. The van der Waals surface area contributed by atoms with Crippen LogP contribution < -0.4 is 5.73 Å². The van der Waals surface area contributed by atoms with E-state index in [0.717, 1.165) is 75.0 Å². The Morgan fingerprint density at radius 3 is 2.90 bits per heavy atom. The summed E-state index contributed by atoms with van der Waals surface area (Å²) in [5.41, 5.74) is 7.72. The Kier molecular flexibility index (Phi) is 4.84. The Morgan fingerprint density at radius 2 is 2.10 bits per heavy atom. The smallest absolute Gasteiger partial charge is 0.250 e. The minimum absolute atomic E-state index is 0.0244. The molecular weight excluding hydrogens is 364 g/mol. The molecule has 5 rings (SSSR count). The number of nitrogens with zero attached hydrogens (tertiary/aromatic N) is 4. The van der Waals surface area contributed by atoms with Crippen LogP contribution >= 0.6 is 0 Å². The lowest BCUT2D eigenvalue weighted by Crippen LogP contribution is -2.49. The second-order valence-corrected chi connectivity index (χ2v) is 9.24. The molecule has 2 atom stereocenters. The molecule has 7 heteroatoms. The fourth-order valence-electron chi connectivity index (χ4n) is 5.75. The normalized spacial score (nSPS) is 28.9. The molecule has 2 bridgehead atoms. The fraction of sp³-hybridized carbons (Fsp3) is 0.636. The van der Waals surface area contributed by atoms with Crippen LogP contribution in [0.4, 0.5) is 0 Å². The number of piperazine rings is 1. The lowest BCUT2D eigenvalue weighted by atomic mass is 9.79. The third-order valence-corrected chi connectivity index (χ3v) is 7.41. The topological polar surface area (TPSA) is 81.5 Å². The molecule has 2 saturated heterocycles. The van der Waals surface area contributed by atoms with Gasteiger partial charge in [-0.05, 0) is 44.4 Å². The highest BCUT2D eigenvalue weighted by Gasteiger charge is 2.50. The van der Waals surface area contributed by atoms with Crippen molar-refractivity contribution >= 4 is 16.9 Å². The SMILES string of the molecule is CN1CCN(CCN2C[C@@H]3CCC[C@@]2(c2nc4c(C(N)=O)cccc4[nH]2)C3)CC1. The number of nitrogens with two attached hydrogens (primary N) is 1. The number of para-hydroxylation sites is 1. The van der Waals surface area contributed by atoms with Gasteiger partial charge < -0.3 is 15.6 Å². The molecule has 0 radical (unpaired) electrons. The molecule has 1 amide bonds. The van der Waals surface area contributed by atoms with E-state index in [2.05, 4.69) is 26.7 Å². The van der Waals surface area contributed by atoms with Gasteiger partial charge in [-0.2, -0.15) is 0 Å². The summed E-state index contributed by atoms with van der Waals surface area (Å²) in [7, 11) is 2.21. The lowest BCUT2D eigenvalue weighted by molar-refractivity contribution is 0.0829. The van der Waals surface area contributed by atoms with E-state index in [-0.39, 0.29) is 5.54 Å². The number of carbonyl (C=O) groups is 1. The molecule has 1 aliphatic carbocycles. The highest BCUT2D eigenvalue weighted by atomic mass is 16.1. The summed E-state index contributed by atoms with van der Waals surface area (Å²) >= 11 is 0. The molecule has 3 aliphatic rings. The van der Waals surface area contributed by atoms with Gasteiger partial charge in [0.2, 0.25) is 0 Å². The molecule has 2 aliphatic heterocycles. The number of aromatic amines is 1. The van der Waals surface area contributed by atoms with E-state index in [4.69, 9.17) is 10.7 Å². The van der Waals surface area contributed by atoms with Crippen LogP contribution in [0, 0.1) is 5.92 Å². The van der Waals surface area contributed by atoms with Crippen molar-refractivity contribution in [3.05, 3.63) is 29.6 Å². The number of nitrogens with one attached hydrogen (secondary N) is 1. The van der Waals surface area contributed by atoms with Gasteiger partial charge in [-0.1, -0.05) is 12.5 Å². The molecule has 1 aromatic heterocycles. The molecule has 0 spiro atoms. The highest BCUT2D eigenvalue weighted by molar-refractivity contribution is 6.04. The lowest BCUT2D eigenvalue weighted by Gasteiger charge is -2.40. The molecule has 3 heterocycles. The van der Waals surface area contributed by atoms with Crippen LogP contribution in [0.3, 0.4) is 0 Å². The number of likely N-dealkylation sites (tertiary alicyclic amines) is 1. The van der Waals surface area contributed by atoms with Crippen LogP contribution in [0.25, 0.3) is 11.0 Å². The zero-order valence-corrected chi connectivity index (χ0v) is 17.4. The molecule has 1 saturated carbocycles. The second kappa shape index (κ2) is 7.38. The molecule has 7 nitrogen and oxygen atoms in total. The first-order valence-corrected chi connectivity index (χ1v) is 11.0. The summed E-state index contributed by atoms with van der Waals surface area (Å²) in [5.74, 6) is 1.37. The largest absolute Gasteiger partial charge is 0.366 e. The first-order valence-electron chi connectivity index (χ1n) is 11.0. The highest BCUT2D eigenvalue weighted by Crippen LogP contribution is 2.49. The number of likely N-dealkylation sites (N-methyl/N-ethyl adjacent to an activating group) is 1. The van der Waals surface area contributed by atoms with Gasteiger partial charge in [0.1, 0.15) is 11.3 Å². The Hall–Kier alpha value is -1.96. The maximum atomic E-state index is 11.9. The number of amides is 1. The van der Waals surface area contributed by atoms with Gasteiger partial charge in [0.05, 0.1) is 16.6 Å². The van der Waals surface area contributed by atoms with Crippen LogP contribution in [0.1, 0.15) is 41.9 Å². The van der Waals surface area contributed by atoms with Gasteiger partial charge in [-0.3, -0.25) is 14.6 Å². The quantitative estimate of drug-likeness (QED) is 0.803. The molecule has 2 aromatic rings. The molecule has 1 aromatic carbocycles. The van der Waals surface area contributed by atoms with E-state index in [1.54, 1.807) is 6.07 Å². The van der Waals surface area contributed by atoms with Crippen LogP contribution in [0.5, 0.6) is 0 Å². The summed E-state index contributed by atoms with van der Waals surface area (Å²) in [4.78, 5) is 28.1. The van der Waals surface area contributed by atoms with Crippen molar-refractivity contribution in [2.24, 2.45) is 11.7 Å². The molecule has 156 valence electrons. The van der Waals surface area contributed by atoms with Gasteiger partial charge in [-0.15, -0.1) is 0 Å². The predicted molar refractivity (Wildman–Crippen MR) is 114 cm³/mol. The average Bonchev–Trinajstić information content (AvgIpc) is 3.26. The van der Waals surface area contributed by atoms with Crippen molar-refractivity contribution in [2.45, 2.75) is 31.2 Å². The van der Waals surface area contributed by atoms with Gasteiger partial charge >= 0.3 is 0 Å². The Morgan fingerprint density at radius 1 is 1.28 bits per heavy atom. The summed E-state index contributed by atoms with van der Waals surface area (Å²) < 4.78 is 0. The van der Waals surface area contributed by atoms with Crippen molar-refractivity contribution in [3.8, 4) is 0 Å². The molecular formula is C22H32N6O. The maximum absolute atomic E-state index is 11.9. The van der Waals surface area contributed by atoms with Crippen molar-refractivity contribution < 1.29 is 4.79 Å². The van der Waals surface area contributed by atoms with Crippen LogP contribution in [-0.2, 0) is 5.54 Å². The fourth-order valence-corrected chi connectivity index (χ4v) is 5.75. The summed E-state index contributed by atoms with van der Waals surface area (Å²) in [6, 6.07) is 5.65. The number of rotatable bonds is 5. The number of hydrogen-bond acceptors (Lipinski definition) is 5. The minimum atomic E-state index is -0.411. The molecule has 3 N–H and O–H groups in total. The van der Waals surface area contributed by atoms with E-state index >= 15 is 0 Å². The van der Waals surface area contributed by atoms with Crippen molar-refractivity contribution in [1.82, 2.24) is 24.7 Å². The Balaban J connectivity index is 1.42. The zero-order valence-electron chi connectivity index (χ0n) is 17.4. The Bertz CT molecular complexity index is 902. The number of benzene rings is 1. The van der Waals surface area contributed by atoms with E-state index < -0.39 is 5.91 Å². The molecule has 3 fully saturated rings. The third-order valence-electron chi connectivity index (χ3n) is 7.41. The monoisotopic (exact) mass is 396 g/mol. The van der Waals surface area contributed by atoms with Crippen molar-refractivity contribution in [3.63, 3.8) is 0 Å². The van der Waals surface area contributed by atoms with E-state index in [1.807, 2.05) is 12.1 Å². The van der Waals surface area contributed by atoms with Gasteiger partial charge in [0.15, 0.2) is 0 Å². The number of fused-ring (bicyclic) bond motifs is 3. The minimum Gasteiger partial charge on any atom is -0.366 e. The second-order valence-electron chi connectivity index (χ2n) is 9.24. The van der Waals surface area contributed by atoms with Gasteiger partial charge in [0.25, 0.3) is 5.91 Å². The number of aromatic nitrogens is 2. The van der Waals surface area contributed by atoms with E-state index in [9.17, 15) is 4.79 Å². The van der Waals surface area contributed by atoms with E-state index in [0.29, 0.717) is 5.56 Å².